The Kier molecular flexibility index (Phi) is 8.86. The summed E-state index contributed by atoms with van der Waals surface area (Å²) >= 11 is 0. The predicted octanol–water partition coefficient (Wildman–Crippen LogP) is 11.4. The Morgan fingerprint density at radius 3 is 1.67 bits per heavy atom. The quantitative estimate of drug-likeness (QED) is 0.250. The zero-order chi connectivity index (χ0) is 39.9. The third-order valence-corrected chi connectivity index (χ3v) is 17.3. The van der Waals surface area contributed by atoms with E-state index in [9.17, 15) is 9.90 Å². The molecule has 292 valence electrons. The van der Waals surface area contributed by atoms with Gasteiger partial charge in [0.15, 0.2) is 0 Å². The summed E-state index contributed by atoms with van der Waals surface area (Å²) in [5.74, 6) is 3.65. The van der Waals surface area contributed by atoms with Crippen LogP contribution in [-0.4, -0.2) is 33.3 Å². The first-order valence-corrected chi connectivity index (χ1v) is 21.7. The number of pyridine rings is 2. The standard InChI is InChI=1S/C26H33NO2.C24H31NO/c1-17(28)29-20-10-12-25(2)19(15-20)6-7-21-23-9-8-22(18-5-4-14-27-16-18)26(23,3)13-11-24(21)25;1-23-11-9-18(26)14-17(23)5-6-19-21-8-7-20(16-4-3-13-25-15-16)24(21,2)12-10-22(19)23/h4-6,8,14,16,20-21,23-24H,7,9-13,15H2,1-3H3;3-5,7,13,15,18-19,21-22,26H,6,8-12,14H2,1-2H3/t20-,21?,23?,24?,25-,26+;18-,19?,21?,22?,23-,24+/m00/s1/i8D;7D. The minimum absolute atomic E-state index is 0.0532. The maximum absolute atomic E-state index is 11.5. The zero-order valence-corrected chi connectivity index (χ0v) is 33.9. The Morgan fingerprint density at radius 1 is 0.691 bits per heavy atom. The molecule has 4 fully saturated rings. The largest absolute Gasteiger partial charge is 0.462 e. The Labute approximate surface area is 333 Å². The summed E-state index contributed by atoms with van der Waals surface area (Å²) in [6, 6.07) is 9.94. The average Bonchev–Trinajstić information content (AvgIpc) is 3.63. The summed E-state index contributed by atoms with van der Waals surface area (Å²) in [6.07, 6.45) is 27.2. The average molecular weight is 743 g/mol. The van der Waals surface area contributed by atoms with E-state index in [0.717, 1.165) is 93.9 Å². The van der Waals surface area contributed by atoms with Crippen LogP contribution in [-0.2, 0) is 9.53 Å². The van der Waals surface area contributed by atoms with E-state index in [1.54, 1.807) is 0 Å². The van der Waals surface area contributed by atoms with Gasteiger partial charge in [-0.2, -0.15) is 0 Å². The normalized spacial score (nSPS) is 43.4. The number of hydrogen-bond donors (Lipinski definition) is 1. The third-order valence-electron chi connectivity index (χ3n) is 17.3. The van der Waals surface area contributed by atoms with E-state index in [1.165, 1.54) is 48.5 Å². The zero-order valence-electron chi connectivity index (χ0n) is 35.9. The fraction of sp³-hybridized carbons (Fsp3) is 0.620. The van der Waals surface area contributed by atoms with Gasteiger partial charge in [0, 0.05) is 38.1 Å². The molecule has 12 atom stereocenters. The number of rotatable bonds is 3. The molecule has 8 aliphatic carbocycles. The molecule has 10 rings (SSSR count). The Morgan fingerprint density at radius 2 is 1.18 bits per heavy atom. The van der Waals surface area contributed by atoms with Gasteiger partial charge in [0.2, 0.25) is 0 Å². The molecule has 0 aromatic carbocycles. The van der Waals surface area contributed by atoms with Crippen LogP contribution in [0.3, 0.4) is 0 Å². The van der Waals surface area contributed by atoms with Gasteiger partial charge >= 0.3 is 5.97 Å². The number of nitrogens with zero attached hydrogens (tertiary/aromatic N) is 2. The maximum atomic E-state index is 11.5. The van der Waals surface area contributed by atoms with E-state index in [1.807, 2.05) is 36.9 Å². The molecule has 8 aliphatic rings. The molecule has 5 heteroatoms. The van der Waals surface area contributed by atoms with Crippen molar-refractivity contribution >= 4 is 17.1 Å². The number of aromatic nitrogens is 2. The number of carbonyl (C=O) groups excluding carboxylic acids is 1. The molecule has 2 aromatic heterocycles. The van der Waals surface area contributed by atoms with Crippen LogP contribution in [0.1, 0.15) is 138 Å². The molecule has 0 amide bonds. The Hall–Kier alpha value is -3.31. The van der Waals surface area contributed by atoms with Crippen molar-refractivity contribution in [3.8, 4) is 0 Å². The molecule has 0 radical (unpaired) electrons. The fourth-order valence-corrected chi connectivity index (χ4v) is 14.3. The summed E-state index contributed by atoms with van der Waals surface area (Å²) in [7, 11) is 0. The summed E-state index contributed by atoms with van der Waals surface area (Å²) < 4.78 is 23.2. The molecule has 6 unspecified atom stereocenters. The van der Waals surface area contributed by atoms with E-state index in [4.69, 9.17) is 7.48 Å². The lowest BCUT2D eigenvalue weighted by Gasteiger charge is -2.57. The molecule has 2 aromatic rings. The minimum atomic E-state index is -0.158. The van der Waals surface area contributed by atoms with Gasteiger partial charge in [0.05, 0.1) is 8.85 Å². The van der Waals surface area contributed by atoms with E-state index in [-0.39, 0.29) is 39.8 Å². The number of aliphatic hydroxyl groups excluding tert-OH is 1. The van der Waals surface area contributed by atoms with Crippen LogP contribution >= 0.6 is 0 Å². The van der Waals surface area contributed by atoms with Gasteiger partial charge in [0.1, 0.15) is 6.10 Å². The highest BCUT2D eigenvalue weighted by Gasteiger charge is 2.58. The van der Waals surface area contributed by atoms with Crippen LogP contribution in [0, 0.1) is 57.2 Å². The highest BCUT2D eigenvalue weighted by molar-refractivity contribution is 5.73. The number of esters is 1. The van der Waals surface area contributed by atoms with Crippen molar-refractivity contribution in [2.75, 3.05) is 0 Å². The monoisotopic (exact) mass is 743 g/mol. The van der Waals surface area contributed by atoms with E-state index < -0.39 is 0 Å². The second kappa shape index (κ2) is 14.0. The van der Waals surface area contributed by atoms with Gasteiger partial charge < -0.3 is 9.84 Å². The van der Waals surface area contributed by atoms with Gasteiger partial charge in [-0.25, -0.2) is 0 Å². The molecule has 0 bridgehead atoms. The smallest absolute Gasteiger partial charge is 0.302 e. The Balaban J connectivity index is 0.000000149. The number of fused-ring (bicyclic) bond motifs is 10. The predicted molar refractivity (Wildman–Crippen MR) is 220 cm³/mol. The summed E-state index contributed by atoms with van der Waals surface area (Å²) in [5, 5.41) is 10.2. The van der Waals surface area contributed by atoms with Gasteiger partial charge in [-0.15, -0.1) is 0 Å². The van der Waals surface area contributed by atoms with Crippen molar-refractivity contribution in [3.05, 3.63) is 95.6 Å². The van der Waals surface area contributed by atoms with Crippen molar-refractivity contribution < 1.29 is 17.4 Å². The van der Waals surface area contributed by atoms with Gasteiger partial charge in [-0.1, -0.05) is 75.2 Å². The van der Waals surface area contributed by atoms with Crippen LogP contribution in [0.5, 0.6) is 0 Å². The lowest BCUT2D eigenvalue weighted by Crippen LogP contribution is -2.50. The molecule has 4 saturated carbocycles. The molecule has 0 saturated heterocycles. The summed E-state index contributed by atoms with van der Waals surface area (Å²) in [5.41, 5.74) is 8.54. The number of aliphatic hydroxyl groups is 1. The third kappa shape index (κ3) is 6.07. The Bertz CT molecular complexity index is 2030. The van der Waals surface area contributed by atoms with Gasteiger partial charge in [0.25, 0.3) is 0 Å². The molecule has 1 N–H and O–H groups in total. The highest BCUT2D eigenvalue weighted by atomic mass is 16.5. The van der Waals surface area contributed by atoms with E-state index >= 15 is 0 Å². The number of ether oxygens (including phenoxy) is 1. The molecule has 55 heavy (non-hydrogen) atoms. The van der Waals surface area contributed by atoms with E-state index in [2.05, 4.69) is 61.9 Å². The first-order chi connectivity index (χ1) is 27.3. The lowest BCUT2D eigenvalue weighted by molar-refractivity contribution is -0.148. The van der Waals surface area contributed by atoms with Crippen LogP contribution in [0.25, 0.3) is 11.1 Å². The minimum Gasteiger partial charge on any atom is -0.462 e. The van der Waals surface area contributed by atoms with Crippen molar-refractivity contribution in [1.82, 2.24) is 9.97 Å². The topological polar surface area (TPSA) is 72.3 Å². The van der Waals surface area contributed by atoms with Crippen molar-refractivity contribution in [2.24, 2.45) is 57.2 Å². The number of carbonyl (C=O) groups is 1. The van der Waals surface area contributed by atoms with Crippen LogP contribution in [0.4, 0.5) is 0 Å². The molecular formula is C50H64N2O3. The summed E-state index contributed by atoms with van der Waals surface area (Å²) in [6.45, 7) is 11.3. The second-order valence-corrected chi connectivity index (χ2v) is 19.8. The molecule has 0 aliphatic heterocycles. The van der Waals surface area contributed by atoms with Gasteiger partial charge in [-0.05, 0) is 175 Å². The van der Waals surface area contributed by atoms with Crippen LogP contribution in [0.2, 0.25) is 0 Å². The number of hydrogen-bond acceptors (Lipinski definition) is 5. The summed E-state index contributed by atoms with van der Waals surface area (Å²) in [4.78, 5) is 20.1. The first kappa shape index (κ1) is 34.9. The second-order valence-electron chi connectivity index (χ2n) is 19.8. The first-order valence-electron chi connectivity index (χ1n) is 22.7. The SMILES string of the molecule is [2H]C1=C(c2cccnc2)[C@@]2(C)CCC3C(CC=C4C[C@@H](O)CC[C@@]43C)C2C1.[2H]C1=C(c2cccnc2)[C@@]2(C)CCC3C(CC=C4C[C@@H](OC(C)=O)CC[C@@]43C)C2C1. The molecular weight excluding hydrogens is 677 g/mol. The maximum Gasteiger partial charge on any atom is 0.302 e. The van der Waals surface area contributed by atoms with Crippen molar-refractivity contribution in [1.29, 1.82) is 0 Å². The highest BCUT2D eigenvalue weighted by Crippen LogP contribution is 2.68. The van der Waals surface area contributed by atoms with Crippen LogP contribution in [0.15, 0.2) is 84.5 Å². The van der Waals surface area contributed by atoms with Crippen molar-refractivity contribution in [2.45, 2.75) is 137 Å². The van der Waals surface area contributed by atoms with E-state index in [0.29, 0.717) is 35.5 Å². The molecule has 2 heterocycles. The van der Waals surface area contributed by atoms with Gasteiger partial charge in [-0.3, -0.25) is 14.8 Å². The molecule has 0 spiro atoms. The van der Waals surface area contributed by atoms with Crippen LogP contribution < -0.4 is 0 Å². The fourth-order valence-electron chi connectivity index (χ4n) is 14.3. The number of allylic oxidation sites excluding steroid dienone is 6. The lowest BCUT2D eigenvalue weighted by atomic mass is 9.47. The molecule has 5 nitrogen and oxygen atoms in total. The van der Waals surface area contributed by atoms with Crippen molar-refractivity contribution in [3.63, 3.8) is 0 Å².